The van der Waals surface area contributed by atoms with E-state index in [1.165, 1.54) is 84.1 Å². The highest BCUT2D eigenvalue weighted by molar-refractivity contribution is 5.01. The van der Waals surface area contributed by atoms with Crippen LogP contribution in [0, 0.1) is 65.1 Å². The Morgan fingerprint density at radius 2 is 0.860 bits per heavy atom. The molecule has 0 spiro atoms. The summed E-state index contributed by atoms with van der Waals surface area (Å²) >= 11 is 0. The molecule has 0 N–H and O–H groups in total. The molecule has 0 radical (unpaired) electrons. The van der Waals surface area contributed by atoms with Gasteiger partial charge in [0.15, 0.2) is 0 Å². The average molecular weight is 600 g/mol. The van der Waals surface area contributed by atoms with E-state index in [1.807, 2.05) is 0 Å². The highest BCUT2D eigenvalue weighted by atomic mass is 15.2. The fourth-order valence-corrected chi connectivity index (χ4v) is 11.1. The molecule has 12 unspecified atom stereocenters. The third-order valence-electron chi connectivity index (χ3n) is 14.8. The van der Waals surface area contributed by atoms with Crippen molar-refractivity contribution in [2.75, 3.05) is 32.7 Å². The maximum Gasteiger partial charge on any atom is 0.0157 e. The Bertz CT molecular complexity index is 821. The molecule has 0 bridgehead atoms. The molecule has 3 heteroatoms. The summed E-state index contributed by atoms with van der Waals surface area (Å²) in [4.78, 5) is 8.13. The smallest absolute Gasteiger partial charge is 0.0157 e. The molecular weight excluding hydrogens is 522 g/mol. The number of nitrogens with zero attached hydrogens (tertiary/aromatic N) is 3. The van der Waals surface area contributed by atoms with Gasteiger partial charge in [0.1, 0.15) is 0 Å². The molecule has 3 aliphatic carbocycles. The molecule has 3 heterocycles. The van der Waals surface area contributed by atoms with Gasteiger partial charge in [-0.3, -0.25) is 4.90 Å². The Labute approximate surface area is 270 Å². The summed E-state index contributed by atoms with van der Waals surface area (Å²) in [6, 6.07) is 3.15. The van der Waals surface area contributed by atoms with E-state index in [2.05, 4.69) is 97.8 Å². The van der Waals surface area contributed by atoms with Crippen LogP contribution in [0.3, 0.4) is 0 Å². The second-order valence-electron chi connectivity index (χ2n) is 17.6. The fourth-order valence-electron chi connectivity index (χ4n) is 11.1. The van der Waals surface area contributed by atoms with Crippen LogP contribution in [0.5, 0.6) is 0 Å². The van der Waals surface area contributed by atoms with Crippen molar-refractivity contribution in [2.45, 2.75) is 159 Å². The summed E-state index contributed by atoms with van der Waals surface area (Å²) in [5.41, 5.74) is 0. The molecule has 3 nitrogen and oxygen atoms in total. The largest absolute Gasteiger partial charge is 0.301 e. The van der Waals surface area contributed by atoms with E-state index in [1.54, 1.807) is 0 Å². The summed E-state index contributed by atoms with van der Waals surface area (Å²) in [7, 11) is 0. The third kappa shape index (κ3) is 7.89. The first-order valence-corrected chi connectivity index (χ1v) is 19.6. The first-order chi connectivity index (χ1) is 20.3. The molecule has 0 aromatic carbocycles. The van der Waals surface area contributed by atoms with E-state index in [4.69, 9.17) is 0 Å². The number of hydrogen-bond donors (Lipinski definition) is 0. The van der Waals surface area contributed by atoms with Crippen molar-refractivity contribution in [2.24, 2.45) is 65.1 Å². The highest BCUT2D eigenvalue weighted by Crippen LogP contribution is 2.51. The standard InChI is InChI=1S/C14H27N.2C13H25N/c1-10(2)15-8-5-6-13-11(3)12(4)14(13)7-9-15;1-9(2)14-7-5-6-12-10(3)11(4)13(12)8-14;1-9(2)14-8-6-5-7-12-10(3)11(4)13(12)14/h10-14H,5-9H2,1-4H3;2*9-13H,5-8H2,1-4H3. The maximum absolute atomic E-state index is 2.77. The quantitative estimate of drug-likeness (QED) is 0.320. The Hall–Kier alpha value is -0.120. The molecule has 6 fully saturated rings. The van der Waals surface area contributed by atoms with Gasteiger partial charge in [0, 0.05) is 30.7 Å². The van der Waals surface area contributed by atoms with Gasteiger partial charge in [-0.05, 0) is 178 Å². The minimum absolute atomic E-state index is 0.745. The lowest BCUT2D eigenvalue weighted by Crippen LogP contribution is -2.59. The van der Waals surface area contributed by atoms with Crippen LogP contribution >= 0.6 is 0 Å². The molecule has 0 aromatic rings. The first-order valence-electron chi connectivity index (χ1n) is 19.6. The molecule has 3 saturated heterocycles. The van der Waals surface area contributed by atoms with E-state index in [0.29, 0.717) is 0 Å². The molecule has 12 atom stereocenters. The van der Waals surface area contributed by atoms with Crippen molar-refractivity contribution in [3.8, 4) is 0 Å². The minimum atomic E-state index is 0.745. The Kier molecular flexibility index (Phi) is 13.0. The number of likely N-dealkylation sites (tertiary alicyclic amines) is 3. The lowest BCUT2D eigenvalue weighted by molar-refractivity contribution is -0.0539. The Morgan fingerprint density at radius 3 is 1.42 bits per heavy atom. The highest BCUT2D eigenvalue weighted by Gasteiger charge is 2.49. The predicted octanol–water partition coefficient (Wildman–Crippen LogP) is 9.56. The van der Waals surface area contributed by atoms with Crippen LogP contribution in [0.1, 0.15) is 134 Å². The van der Waals surface area contributed by atoms with Gasteiger partial charge in [0.2, 0.25) is 0 Å². The van der Waals surface area contributed by atoms with E-state index < -0.39 is 0 Å². The number of fused-ring (bicyclic) bond motifs is 3. The predicted molar refractivity (Wildman–Crippen MR) is 188 cm³/mol. The molecule has 6 rings (SSSR count). The molecule has 3 aliphatic heterocycles. The van der Waals surface area contributed by atoms with Crippen LogP contribution in [0.2, 0.25) is 0 Å². The number of rotatable bonds is 3. The normalized spacial score (nSPS) is 43.9. The number of hydrogen-bond acceptors (Lipinski definition) is 3. The van der Waals surface area contributed by atoms with Gasteiger partial charge in [0.25, 0.3) is 0 Å². The van der Waals surface area contributed by atoms with E-state index in [9.17, 15) is 0 Å². The monoisotopic (exact) mass is 600 g/mol. The maximum atomic E-state index is 2.77. The van der Waals surface area contributed by atoms with Crippen molar-refractivity contribution in [1.29, 1.82) is 0 Å². The summed E-state index contributed by atoms with van der Waals surface area (Å²) in [6.45, 7) is 35.6. The molecule has 0 amide bonds. The lowest BCUT2D eigenvalue weighted by atomic mass is 9.55. The van der Waals surface area contributed by atoms with Gasteiger partial charge in [0.05, 0.1) is 0 Å². The Morgan fingerprint density at radius 1 is 0.395 bits per heavy atom. The van der Waals surface area contributed by atoms with Crippen LogP contribution in [0.25, 0.3) is 0 Å². The van der Waals surface area contributed by atoms with E-state index in [0.717, 1.165) is 89.3 Å². The van der Waals surface area contributed by atoms with E-state index >= 15 is 0 Å². The summed E-state index contributed by atoms with van der Waals surface area (Å²) in [5.74, 6) is 11.0. The third-order valence-corrected chi connectivity index (χ3v) is 14.8. The summed E-state index contributed by atoms with van der Waals surface area (Å²) < 4.78 is 0. The van der Waals surface area contributed by atoms with Gasteiger partial charge < -0.3 is 9.80 Å². The van der Waals surface area contributed by atoms with Crippen LogP contribution in [-0.4, -0.2) is 71.6 Å². The van der Waals surface area contributed by atoms with Crippen LogP contribution in [-0.2, 0) is 0 Å². The zero-order chi connectivity index (χ0) is 31.6. The van der Waals surface area contributed by atoms with Crippen molar-refractivity contribution in [1.82, 2.24) is 14.7 Å². The average Bonchev–Trinajstić information content (AvgIpc) is 3.31. The van der Waals surface area contributed by atoms with Crippen molar-refractivity contribution >= 4 is 0 Å². The Balaban J connectivity index is 0.000000148. The summed E-state index contributed by atoms with van der Waals surface area (Å²) in [6.07, 6.45) is 11.6. The van der Waals surface area contributed by atoms with Gasteiger partial charge >= 0.3 is 0 Å². The van der Waals surface area contributed by atoms with Crippen LogP contribution in [0.4, 0.5) is 0 Å². The SMILES string of the molecule is CC1C(C)C2C1CCCCN2C(C)C.CC1C(C)C2CCN(C(C)C)CCCC12.CC1C(C)C2CN(C(C)C)CCCC12. The first kappa shape index (κ1) is 35.7. The fraction of sp³-hybridized carbons (Fsp3) is 1.00. The zero-order valence-electron chi connectivity index (χ0n) is 31.2. The van der Waals surface area contributed by atoms with Gasteiger partial charge in [-0.25, -0.2) is 0 Å². The second-order valence-corrected chi connectivity index (χ2v) is 17.6. The zero-order valence-corrected chi connectivity index (χ0v) is 31.2. The molecule has 6 aliphatic rings. The van der Waals surface area contributed by atoms with Gasteiger partial charge in [-0.2, -0.15) is 0 Å². The molecule has 0 aromatic heterocycles. The van der Waals surface area contributed by atoms with Crippen LogP contribution in [0.15, 0.2) is 0 Å². The van der Waals surface area contributed by atoms with Crippen molar-refractivity contribution in [3.05, 3.63) is 0 Å². The topological polar surface area (TPSA) is 9.72 Å². The van der Waals surface area contributed by atoms with Crippen molar-refractivity contribution < 1.29 is 0 Å². The van der Waals surface area contributed by atoms with Crippen molar-refractivity contribution in [3.63, 3.8) is 0 Å². The van der Waals surface area contributed by atoms with Crippen LogP contribution < -0.4 is 0 Å². The molecule has 43 heavy (non-hydrogen) atoms. The second kappa shape index (κ2) is 15.6. The molecule has 252 valence electrons. The molecular formula is C40H77N3. The van der Waals surface area contributed by atoms with Gasteiger partial charge in [-0.1, -0.05) is 48.0 Å². The van der Waals surface area contributed by atoms with E-state index in [-0.39, 0.29) is 0 Å². The summed E-state index contributed by atoms with van der Waals surface area (Å²) in [5, 5.41) is 0. The van der Waals surface area contributed by atoms with Gasteiger partial charge in [-0.15, -0.1) is 0 Å². The minimum Gasteiger partial charge on any atom is -0.301 e. The molecule has 3 saturated carbocycles. The lowest BCUT2D eigenvalue weighted by Gasteiger charge is -2.54.